The molecule has 1 atom stereocenters. The molecule has 150 valence electrons. The fraction of sp³-hybridized carbons (Fsp3) is 0.667. The highest BCUT2D eigenvalue weighted by atomic mass is 32.2. The highest BCUT2D eigenvalue weighted by molar-refractivity contribution is 7.89. The molecule has 1 aliphatic heterocycles. The van der Waals surface area contributed by atoms with Crippen LogP contribution in [0.15, 0.2) is 24.3 Å². The second-order valence-corrected chi connectivity index (χ2v) is 10.1. The number of hydrogen-bond acceptors (Lipinski definition) is 3. The average Bonchev–Trinajstić information content (AvgIpc) is 2.96. The van der Waals surface area contributed by atoms with Gasteiger partial charge in [0.25, 0.3) is 0 Å². The second-order valence-electron chi connectivity index (χ2n) is 7.84. The SMILES string of the molecule is CCN(CC)C(=O)C[C@H]1CC2(CCN(S(=O)(=O)CC)CC2)c2ccccc21. The summed E-state index contributed by atoms with van der Waals surface area (Å²) in [5.41, 5.74) is 2.66. The minimum atomic E-state index is -3.12. The monoisotopic (exact) mass is 392 g/mol. The number of carbonyl (C=O) groups is 1. The van der Waals surface area contributed by atoms with Crippen LogP contribution in [0.3, 0.4) is 0 Å². The third-order valence-electron chi connectivity index (χ3n) is 6.58. The first-order valence-corrected chi connectivity index (χ1v) is 11.8. The number of benzene rings is 1. The van der Waals surface area contributed by atoms with Gasteiger partial charge in [-0.05, 0) is 62.5 Å². The van der Waals surface area contributed by atoms with Gasteiger partial charge in [0, 0.05) is 32.6 Å². The molecule has 2 aliphatic rings. The summed E-state index contributed by atoms with van der Waals surface area (Å²) >= 11 is 0. The lowest BCUT2D eigenvalue weighted by Gasteiger charge is -2.39. The molecule has 1 heterocycles. The Kier molecular flexibility index (Phi) is 5.96. The molecule has 3 rings (SSSR count). The Bertz CT molecular complexity index is 778. The molecule has 5 nitrogen and oxygen atoms in total. The van der Waals surface area contributed by atoms with Crippen LogP contribution in [0.1, 0.15) is 63.5 Å². The number of sulfonamides is 1. The molecule has 1 aliphatic carbocycles. The second kappa shape index (κ2) is 7.92. The number of fused-ring (bicyclic) bond motifs is 2. The molecule has 0 unspecified atom stereocenters. The number of nitrogens with zero attached hydrogens (tertiary/aromatic N) is 2. The summed E-state index contributed by atoms with van der Waals surface area (Å²) in [6.45, 7) is 8.42. The fourth-order valence-electron chi connectivity index (χ4n) is 4.97. The summed E-state index contributed by atoms with van der Waals surface area (Å²) in [5, 5.41) is 0. The zero-order valence-electron chi connectivity index (χ0n) is 16.8. The summed E-state index contributed by atoms with van der Waals surface area (Å²) in [7, 11) is -3.12. The Labute approximate surface area is 163 Å². The normalized spacial score (nSPS) is 22.0. The average molecular weight is 393 g/mol. The van der Waals surface area contributed by atoms with E-state index < -0.39 is 10.0 Å². The van der Waals surface area contributed by atoms with Gasteiger partial charge >= 0.3 is 0 Å². The molecule has 0 N–H and O–H groups in total. The predicted octanol–water partition coefficient (Wildman–Crippen LogP) is 3.12. The molecule has 0 bridgehead atoms. The maximum Gasteiger partial charge on any atom is 0.223 e. The van der Waals surface area contributed by atoms with Crippen molar-refractivity contribution in [1.82, 2.24) is 9.21 Å². The first-order chi connectivity index (χ1) is 12.9. The molecule has 0 radical (unpaired) electrons. The molecule has 27 heavy (non-hydrogen) atoms. The third-order valence-corrected chi connectivity index (χ3v) is 8.47. The van der Waals surface area contributed by atoms with E-state index in [2.05, 4.69) is 24.3 Å². The van der Waals surface area contributed by atoms with E-state index in [1.54, 1.807) is 11.2 Å². The molecule has 1 aromatic rings. The van der Waals surface area contributed by atoms with Gasteiger partial charge < -0.3 is 4.90 Å². The van der Waals surface area contributed by atoms with Crippen LogP contribution in [-0.2, 0) is 20.2 Å². The number of rotatable bonds is 6. The summed E-state index contributed by atoms with van der Waals surface area (Å²) < 4.78 is 26.1. The number of hydrogen-bond donors (Lipinski definition) is 0. The molecular formula is C21H32N2O3S. The minimum Gasteiger partial charge on any atom is -0.343 e. The van der Waals surface area contributed by atoms with Crippen molar-refractivity contribution in [1.29, 1.82) is 0 Å². The van der Waals surface area contributed by atoms with Crippen molar-refractivity contribution in [2.24, 2.45) is 0 Å². The van der Waals surface area contributed by atoms with Crippen molar-refractivity contribution in [3.63, 3.8) is 0 Å². The lowest BCUT2D eigenvalue weighted by molar-refractivity contribution is -0.131. The van der Waals surface area contributed by atoms with Gasteiger partial charge in [0.1, 0.15) is 0 Å². The highest BCUT2D eigenvalue weighted by Gasteiger charge is 2.46. The molecule has 1 amide bonds. The van der Waals surface area contributed by atoms with Gasteiger partial charge in [-0.15, -0.1) is 0 Å². The van der Waals surface area contributed by atoms with Gasteiger partial charge in [-0.2, -0.15) is 0 Å². The van der Waals surface area contributed by atoms with Gasteiger partial charge in [-0.1, -0.05) is 24.3 Å². The molecule has 0 aromatic heterocycles. The van der Waals surface area contributed by atoms with E-state index >= 15 is 0 Å². The van der Waals surface area contributed by atoms with E-state index in [9.17, 15) is 13.2 Å². The Morgan fingerprint density at radius 2 is 1.78 bits per heavy atom. The quantitative estimate of drug-likeness (QED) is 0.747. The number of piperidine rings is 1. The maximum atomic E-state index is 12.7. The smallest absolute Gasteiger partial charge is 0.223 e. The molecule has 1 fully saturated rings. The van der Waals surface area contributed by atoms with E-state index in [-0.39, 0.29) is 23.0 Å². The Morgan fingerprint density at radius 3 is 2.37 bits per heavy atom. The summed E-state index contributed by atoms with van der Waals surface area (Å²) in [5.74, 6) is 0.629. The van der Waals surface area contributed by atoms with Gasteiger partial charge in [0.05, 0.1) is 5.75 Å². The standard InChI is InChI=1S/C21H32N2O3S/c1-4-22(5-2)20(24)15-17-16-21(19-10-8-7-9-18(17)19)11-13-23(14-12-21)27(25,26)6-3/h7-10,17H,4-6,11-16H2,1-3H3/t17-/m0/s1. The number of amides is 1. The molecule has 1 saturated heterocycles. The maximum absolute atomic E-state index is 12.7. The minimum absolute atomic E-state index is 0.0184. The summed E-state index contributed by atoms with van der Waals surface area (Å²) in [6, 6.07) is 8.49. The van der Waals surface area contributed by atoms with Crippen molar-refractivity contribution >= 4 is 15.9 Å². The van der Waals surface area contributed by atoms with Gasteiger partial charge in [0.15, 0.2) is 0 Å². The van der Waals surface area contributed by atoms with Crippen molar-refractivity contribution in [3.8, 4) is 0 Å². The van der Waals surface area contributed by atoms with Gasteiger partial charge in [-0.3, -0.25) is 4.79 Å². The molecular weight excluding hydrogens is 360 g/mol. The highest BCUT2D eigenvalue weighted by Crippen LogP contribution is 2.53. The Balaban J connectivity index is 1.81. The van der Waals surface area contributed by atoms with E-state index in [0.717, 1.165) is 32.4 Å². The molecule has 0 saturated carbocycles. The number of carbonyl (C=O) groups excluding carboxylic acids is 1. The van der Waals surface area contributed by atoms with Crippen LogP contribution in [0.2, 0.25) is 0 Å². The van der Waals surface area contributed by atoms with E-state index in [0.29, 0.717) is 19.5 Å². The largest absolute Gasteiger partial charge is 0.343 e. The fourth-order valence-corrected chi connectivity index (χ4v) is 6.08. The van der Waals surface area contributed by atoms with Crippen molar-refractivity contribution < 1.29 is 13.2 Å². The van der Waals surface area contributed by atoms with Crippen LogP contribution in [0, 0.1) is 0 Å². The molecule has 6 heteroatoms. The molecule has 1 aromatic carbocycles. The van der Waals surface area contributed by atoms with Crippen LogP contribution in [0.4, 0.5) is 0 Å². The van der Waals surface area contributed by atoms with Crippen molar-refractivity contribution in [3.05, 3.63) is 35.4 Å². The summed E-state index contributed by atoms with van der Waals surface area (Å²) in [4.78, 5) is 14.6. The van der Waals surface area contributed by atoms with Crippen LogP contribution in [0.25, 0.3) is 0 Å². The lowest BCUT2D eigenvalue weighted by atomic mass is 9.73. The first-order valence-electron chi connectivity index (χ1n) is 10.2. The Morgan fingerprint density at radius 1 is 1.15 bits per heavy atom. The topological polar surface area (TPSA) is 57.7 Å². The first kappa shape index (κ1) is 20.3. The zero-order valence-corrected chi connectivity index (χ0v) is 17.6. The van der Waals surface area contributed by atoms with Crippen molar-refractivity contribution in [2.45, 2.75) is 57.8 Å². The van der Waals surface area contributed by atoms with Crippen LogP contribution in [0.5, 0.6) is 0 Å². The van der Waals surface area contributed by atoms with Gasteiger partial charge in [-0.25, -0.2) is 12.7 Å². The van der Waals surface area contributed by atoms with E-state index in [1.165, 1.54) is 11.1 Å². The van der Waals surface area contributed by atoms with Crippen molar-refractivity contribution in [2.75, 3.05) is 31.9 Å². The van der Waals surface area contributed by atoms with Crippen LogP contribution >= 0.6 is 0 Å². The third kappa shape index (κ3) is 3.79. The van der Waals surface area contributed by atoms with Gasteiger partial charge in [0.2, 0.25) is 15.9 Å². The summed E-state index contributed by atoms with van der Waals surface area (Å²) in [6.07, 6.45) is 3.20. The lowest BCUT2D eigenvalue weighted by Crippen LogP contribution is -2.45. The molecule has 1 spiro atoms. The zero-order chi connectivity index (χ0) is 19.7. The van der Waals surface area contributed by atoms with E-state index in [4.69, 9.17) is 0 Å². The van der Waals surface area contributed by atoms with E-state index in [1.807, 2.05) is 18.7 Å². The van der Waals surface area contributed by atoms with Crippen LogP contribution < -0.4 is 0 Å². The van der Waals surface area contributed by atoms with Crippen LogP contribution in [-0.4, -0.2) is 55.5 Å². The Hall–Kier alpha value is -1.40. The predicted molar refractivity (Wildman–Crippen MR) is 108 cm³/mol.